The number of hydrogen-bond acceptors (Lipinski definition) is 1. The second-order valence-corrected chi connectivity index (χ2v) is 4.88. The minimum absolute atomic E-state index is 0.693. The van der Waals surface area contributed by atoms with Gasteiger partial charge >= 0.3 is 0 Å². The molecule has 1 atom stereocenters. The molecule has 0 amide bonds. The molecule has 0 saturated carbocycles. The van der Waals surface area contributed by atoms with E-state index in [9.17, 15) is 0 Å². The highest BCUT2D eigenvalue weighted by Crippen LogP contribution is 2.33. The SMILES string of the molecule is CC1CCc2scc(CCl)c2C1. The third-order valence-corrected chi connectivity index (χ3v) is 4.05. The van der Waals surface area contributed by atoms with Gasteiger partial charge in [-0.2, -0.15) is 0 Å². The molecule has 0 aliphatic heterocycles. The van der Waals surface area contributed by atoms with Gasteiger partial charge in [-0.15, -0.1) is 22.9 Å². The van der Waals surface area contributed by atoms with E-state index in [0.717, 1.165) is 5.92 Å². The van der Waals surface area contributed by atoms with Gasteiger partial charge in [0.2, 0.25) is 0 Å². The Balaban J connectivity index is 2.34. The van der Waals surface area contributed by atoms with E-state index in [0.29, 0.717) is 5.88 Å². The molecule has 12 heavy (non-hydrogen) atoms. The summed E-state index contributed by atoms with van der Waals surface area (Å²) < 4.78 is 0. The molecule has 0 saturated heterocycles. The third kappa shape index (κ3) is 1.40. The van der Waals surface area contributed by atoms with Gasteiger partial charge in [0.15, 0.2) is 0 Å². The maximum atomic E-state index is 5.86. The van der Waals surface area contributed by atoms with Crippen molar-refractivity contribution < 1.29 is 0 Å². The molecule has 0 nitrogen and oxygen atoms in total. The number of rotatable bonds is 1. The van der Waals surface area contributed by atoms with Gasteiger partial charge in [0.25, 0.3) is 0 Å². The molecule has 1 aliphatic carbocycles. The van der Waals surface area contributed by atoms with Crippen molar-refractivity contribution in [2.24, 2.45) is 5.92 Å². The Kier molecular flexibility index (Phi) is 2.42. The molecule has 66 valence electrons. The van der Waals surface area contributed by atoms with Crippen LogP contribution >= 0.6 is 22.9 Å². The summed E-state index contributed by atoms with van der Waals surface area (Å²) >= 11 is 7.75. The van der Waals surface area contributed by atoms with Gasteiger partial charge in [-0.05, 0) is 41.7 Å². The number of halogens is 1. The fourth-order valence-electron chi connectivity index (χ4n) is 1.86. The highest BCUT2D eigenvalue weighted by molar-refractivity contribution is 7.10. The second-order valence-electron chi connectivity index (χ2n) is 3.64. The Morgan fingerprint density at radius 2 is 2.50 bits per heavy atom. The fourth-order valence-corrected chi connectivity index (χ4v) is 3.29. The van der Waals surface area contributed by atoms with Crippen molar-refractivity contribution in [1.29, 1.82) is 0 Å². The quantitative estimate of drug-likeness (QED) is 0.608. The predicted octanol–water partition coefficient (Wildman–Crippen LogP) is 3.61. The van der Waals surface area contributed by atoms with Crippen LogP contribution in [0.15, 0.2) is 5.38 Å². The molecule has 1 heterocycles. The first-order valence-corrected chi connectivity index (χ1v) is 5.86. The van der Waals surface area contributed by atoms with Crippen molar-refractivity contribution >= 4 is 22.9 Å². The smallest absolute Gasteiger partial charge is 0.0485 e. The Hall–Kier alpha value is -0.0100. The third-order valence-electron chi connectivity index (χ3n) is 2.63. The van der Waals surface area contributed by atoms with Crippen molar-refractivity contribution in [2.45, 2.75) is 32.1 Å². The largest absolute Gasteiger partial charge is 0.148 e. The number of fused-ring (bicyclic) bond motifs is 1. The van der Waals surface area contributed by atoms with Gasteiger partial charge in [-0.1, -0.05) is 6.92 Å². The van der Waals surface area contributed by atoms with E-state index >= 15 is 0 Å². The summed E-state index contributed by atoms with van der Waals surface area (Å²) in [7, 11) is 0. The van der Waals surface area contributed by atoms with Gasteiger partial charge < -0.3 is 0 Å². The normalized spacial score (nSPS) is 22.3. The molecule has 1 unspecified atom stereocenters. The van der Waals surface area contributed by atoms with E-state index in [4.69, 9.17) is 11.6 Å². The molecule has 0 N–H and O–H groups in total. The average Bonchev–Trinajstić information content (AvgIpc) is 2.46. The van der Waals surface area contributed by atoms with E-state index in [1.807, 2.05) is 11.3 Å². The van der Waals surface area contributed by atoms with Crippen LogP contribution in [0.25, 0.3) is 0 Å². The summed E-state index contributed by atoms with van der Waals surface area (Å²) in [6.45, 7) is 2.33. The number of thiophene rings is 1. The maximum absolute atomic E-state index is 5.86. The standard InChI is InChI=1S/C10H13ClS/c1-7-2-3-10-9(4-7)8(5-11)6-12-10/h6-7H,2-5H2,1H3. The molecule has 1 aromatic rings. The topological polar surface area (TPSA) is 0 Å². The lowest BCUT2D eigenvalue weighted by atomic mass is 9.88. The summed E-state index contributed by atoms with van der Waals surface area (Å²) in [6.07, 6.45) is 3.88. The van der Waals surface area contributed by atoms with Crippen LogP contribution in [0.1, 0.15) is 29.3 Å². The van der Waals surface area contributed by atoms with Crippen LogP contribution in [-0.2, 0) is 18.7 Å². The molecular formula is C10H13ClS. The first-order valence-electron chi connectivity index (χ1n) is 4.45. The van der Waals surface area contributed by atoms with Gasteiger partial charge in [0.05, 0.1) is 0 Å². The van der Waals surface area contributed by atoms with Crippen LogP contribution < -0.4 is 0 Å². The zero-order valence-electron chi connectivity index (χ0n) is 7.27. The van der Waals surface area contributed by atoms with E-state index in [1.54, 1.807) is 10.4 Å². The van der Waals surface area contributed by atoms with E-state index in [2.05, 4.69) is 12.3 Å². The molecule has 1 aliphatic rings. The molecule has 1 aromatic heterocycles. The second kappa shape index (κ2) is 3.39. The van der Waals surface area contributed by atoms with Gasteiger partial charge in [-0.25, -0.2) is 0 Å². The Bertz CT molecular complexity index is 264. The molecule has 0 bridgehead atoms. The minimum atomic E-state index is 0.693. The Morgan fingerprint density at radius 1 is 1.67 bits per heavy atom. The Morgan fingerprint density at radius 3 is 3.25 bits per heavy atom. The molecular weight excluding hydrogens is 188 g/mol. The highest BCUT2D eigenvalue weighted by Gasteiger charge is 2.19. The highest BCUT2D eigenvalue weighted by atomic mass is 35.5. The first-order chi connectivity index (χ1) is 5.81. The predicted molar refractivity (Wildman–Crippen MR) is 55.1 cm³/mol. The molecule has 2 heteroatoms. The van der Waals surface area contributed by atoms with Crippen LogP contribution in [0.5, 0.6) is 0 Å². The van der Waals surface area contributed by atoms with E-state index in [-0.39, 0.29) is 0 Å². The number of aryl methyl sites for hydroxylation is 1. The van der Waals surface area contributed by atoms with E-state index < -0.39 is 0 Å². The van der Waals surface area contributed by atoms with Crippen LogP contribution in [0.3, 0.4) is 0 Å². The number of alkyl halides is 1. The Labute approximate surface area is 82.6 Å². The molecule has 2 rings (SSSR count). The van der Waals surface area contributed by atoms with Crippen LogP contribution in [0, 0.1) is 5.92 Å². The summed E-state index contributed by atoms with van der Waals surface area (Å²) in [6, 6.07) is 0. The minimum Gasteiger partial charge on any atom is -0.148 e. The summed E-state index contributed by atoms with van der Waals surface area (Å²) in [5.41, 5.74) is 2.94. The fraction of sp³-hybridized carbons (Fsp3) is 0.600. The van der Waals surface area contributed by atoms with Gasteiger partial charge in [0, 0.05) is 10.8 Å². The van der Waals surface area contributed by atoms with E-state index in [1.165, 1.54) is 24.8 Å². The van der Waals surface area contributed by atoms with Crippen LogP contribution in [0.4, 0.5) is 0 Å². The van der Waals surface area contributed by atoms with Gasteiger partial charge in [0.1, 0.15) is 0 Å². The monoisotopic (exact) mass is 200 g/mol. The zero-order chi connectivity index (χ0) is 8.55. The summed E-state index contributed by atoms with van der Waals surface area (Å²) in [5, 5.41) is 2.23. The van der Waals surface area contributed by atoms with Crippen molar-refractivity contribution in [2.75, 3.05) is 0 Å². The summed E-state index contributed by atoms with van der Waals surface area (Å²) in [4.78, 5) is 1.59. The molecule has 0 fully saturated rings. The summed E-state index contributed by atoms with van der Waals surface area (Å²) in [5.74, 6) is 1.55. The average molecular weight is 201 g/mol. The van der Waals surface area contributed by atoms with Crippen molar-refractivity contribution in [3.8, 4) is 0 Å². The van der Waals surface area contributed by atoms with Gasteiger partial charge in [-0.3, -0.25) is 0 Å². The van der Waals surface area contributed by atoms with Crippen molar-refractivity contribution in [3.05, 3.63) is 21.4 Å². The lowest BCUT2D eigenvalue weighted by molar-refractivity contribution is 0.505. The molecule has 0 spiro atoms. The maximum Gasteiger partial charge on any atom is 0.0485 e. The number of hydrogen-bond donors (Lipinski definition) is 0. The molecule has 0 radical (unpaired) electrons. The zero-order valence-corrected chi connectivity index (χ0v) is 8.84. The van der Waals surface area contributed by atoms with Crippen LogP contribution in [0.2, 0.25) is 0 Å². The van der Waals surface area contributed by atoms with Crippen LogP contribution in [-0.4, -0.2) is 0 Å². The first kappa shape index (κ1) is 8.58. The lowest BCUT2D eigenvalue weighted by Crippen LogP contribution is -2.09. The van der Waals surface area contributed by atoms with Crippen molar-refractivity contribution in [3.63, 3.8) is 0 Å². The molecule has 0 aromatic carbocycles. The lowest BCUT2D eigenvalue weighted by Gasteiger charge is -2.18. The van der Waals surface area contributed by atoms with Crippen molar-refractivity contribution in [1.82, 2.24) is 0 Å².